The van der Waals surface area contributed by atoms with Gasteiger partial charge in [0.1, 0.15) is 6.17 Å². The zero-order chi connectivity index (χ0) is 8.10. The zero-order valence-electron chi connectivity index (χ0n) is 6.98. The van der Waals surface area contributed by atoms with Crippen LogP contribution in [-0.4, -0.2) is 32.0 Å². The van der Waals surface area contributed by atoms with Gasteiger partial charge in [-0.15, -0.1) is 0 Å². The molecule has 0 aromatic heterocycles. The Balaban J connectivity index is 2.05. The van der Waals surface area contributed by atoms with Crippen LogP contribution in [0.5, 0.6) is 0 Å². The number of hydrogen-bond acceptors (Lipinski definition) is 2. The molecule has 0 amide bonds. The quantitative estimate of drug-likeness (QED) is 0.669. The SMILES string of the molecule is C[C@@H](F)COC1CCNCC1. The first-order chi connectivity index (χ1) is 5.29. The van der Waals surface area contributed by atoms with Crippen molar-refractivity contribution in [1.82, 2.24) is 5.32 Å². The van der Waals surface area contributed by atoms with Gasteiger partial charge in [-0.3, -0.25) is 0 Å². The molecule has 0 aromatic rings. The molecule has 11 heavy (non-hydrogen) atoms. The van der Waals surface area contributed by atoms with E-state index in [9.17, 15) is 4.39 Å². The van der Waals surface area contributed by atoms with Crippen molar-refractivity contribution >= 4 is 0 Å². The first kappa shape index (κ1) is 8.94. The molecule has 0 aromatic carbocycles. The zero-order valence-corrected chi connectivity index (χ0v) is 6.98. The molecule has 1 aliphatic heterocycles. The lowest BCUT2D eigenvalue weighted by atomic mass is 10.1. The fourth-order valence-electron chi connectivity index (χ4n) is 1.23. The van der Waals surface area contributed by atoms with Gasteiger partial charge in [-0.05, 0) is 32.9 Å². The average Bonchev–Trinajstić information content (AvgIpc) is 2.03. The summed E-state index contributed by atoms with van der Waals surface area (Å²) in [5.41, 5.74) is 0. The van der Waals surface area contributed by atoms with Gasteiger partial charge in [-0.2, -0.15) is 0 Å². The highest BCUT2D eigenvalue weighted by Crippen LogP contribution is 2.07. The lowest BCUT2D eigenvalue weighted by molar-refractivity contribution is 0.00707. The Morgan fingerprint density at radius 1 is 1.55 bits per heavy atom. The Morgan fingerprint density at radius 3 is 2.73 bits per heavy atom. The van der Waals surface area contributed by atoms with E-state index >= 15 is 0 Å². The van der Waals surface area contributed by atoms with Crippen molar-refractivity contribution in [2.75, 3.05) is 19.7 Å². The minimum atomic E-state index is -0.829. The van der Waals surface area contributed by atoms with Crippen molar-refractivity contribution in [3.8, 4) is 0 Å². The van der Waals surface area contributed by atoms with Crippen molar-refractivity contribution in [1.29, 1.82) is 0 Å². The van der Waals surface area contributed by atoms with Crippen LogP contribution in [0.1, 0.15) is 19.8 Å². The lowest BCUT2D eigenvalue weighted by Gasteiger charge is -2.23. The summed E-state index contributed by atoms with van der Waals surface area (Å²) >= 11 is 0. The Bertz CT molecular complexity index is 102. The van der Waals surface area contributed by atoms with E-state index in [2.05, 4.69) is 5.32 Å². The topological polar surface area (TPSA) is 21.3 Å². The summed E-state index contributed by atoms with van der Waals surface area (Å²) in [6.07, 6.45) is 1.50. The third-order valence-electron chi connectivity index (χ3n) is 1.85. The van der Waals surface area contributed by atoms with Crippen LogP contribution in [0.15, 0.2) is 0 Å². The molecular formula is C8H16FNO. The van der Waals surface area contributed by atoms with Crippen LogP contribution in [0.25, 0.3) is 0 Å². The number of rotatable bonds is 3. The molecule has 1 heterocycles. The van der Waals surface area contributed by atoms with Gasteiger partial charge in [0.2, 0.25) is 0 Å². The minimum absolute atomic E-state index is 0.255. The molecule has 0 aliphatic carbocycles. The predicted molar refractivity (Wildman–Crippen MR) is 42.4 cm³/mol. The maximum absolute atomic E-state index is 12.3. The standard InChI is InChI=1S/C8H16FNO/c1-7(9)6-11-8-2-4-10-5-3-8/h7-8,10H,2-6H2,1H3/t7-/m1/s1. The summed E-state index contributed by atoms with van der Waals surface area (Å²) in [5.74, 6) is 0. The van der Waals surface area contributed by atoms with Crippen LogP contribution in [0, 0.1) is 0 Å². The van der Waals surface area contributed by atoms with Gasteiger partial charge in [0.05, 0.1) is 12.7 Å². The second kappa shape index (κ2) is 4.67. The van der Waals surface area contributed by atoms with Crippen molar-refractivity contribution < 1.29 is 9.13 Å². The molecular weight excluding hydrogens is 145 g/mol. The molecule has 1 N–H and O–H groups in total. The molecule has 1 saturated heterocycles. The van der Waals surface area contributed by atoms with Crippen molar-refractivity contribution in [3.05, 3.63) is 0 Å². The predicted octanol–water partition coefficient (Wildman–Crippen LogP) is 1.11. The van der Waals surface area contributed by atoms with Crippen LogP contribution in [0.3, 0.4) is 0 Å². The third-order valence-corrected chi connectivity index (χ3v) is 1.85. The normalized spacial score (nSPS) is 23.5. The van der Waals surface area contributed by atoms with Gasteiger partial charge in [0, 0.05) is 0 Å². The highest BCUT2D eigenvalue weighted by molar-refractivity contribution is 4.68. The van der Waals surface area contributed by atoms with Crippen LogP contribution in [0.4, 0.5) is 4.39 Å². The minimum Gasteiger partial charge on any atom is -0.375 e. The first-order valence-electron chi connectivity index (χ1n) is 4.25. The Kier molecular flexibility index (Phi) is 3.80. The van der Waals surface area contributed by atoms with Crippen LogP contribution < -0.4 is 5.32 Å². The van der Waals surface area contributed by atoms with E-state index in [1.807, 2.05) is 0 Å². The fourth-order valence-corrected chi connectivity index (χ4v) is 1.23. The number of halogens is 1. The van der Waals surface area contributed by atoms with E-state index in [1.54, 1.807) is 0 Å². The molecule has 3 heteroatoms. The number of hydrogen-bond donors (Lipinski definition) is 1. The van der Waals surface area contributed by atoms with E-state index in [0.717, 1.165) is 25.9 Å². The van der Waals surface area contributed by atoms with Crippen molar-refractivity contribution in [3.63, 3.8) is 0 Å². The average molecular weight is 161 g/mol. The molecule has 0 saturated carbocycles. The molecule has 1 atom stereocenters. The highest BCUT2D eigenvalue weighted by Gasteiger charge is 2.13. The Hall–Kier alpha value is -0.150. The third kappa shape index (κ3) is 3.68. The van der Waals surface area contributed by atoms with E-state index in [1.165, 1.54) is 6.92 Å². The van der Waals surface area contributed by atoms with Gasteiger partial charge in [-0.25, -0.2) is 4.39 Å². The monoisotopic (exact) mass is 161 g/mol. The van der Waals surface area contributed by atoms with Gasteiger partial charge in [-0.1, -0.05) is 0 Å². The van der Waals surface area contributed by atoms with E-state index in [0.29, 0.717) is 0 Å². The molecule has 1 aliphatic rings. The van der Waals surface area contributed by atoms with Crippen LogP contribution in [0.2, 0.25) is 0 Å². The summed E-state index contributed by atoms with van der Waals surface area (Å²) in [6, 6.07) is 0. The maximum Gasteiger partial charge on any atom is 0.121 e. The molecule has 0 bridgehead atoms. The molecule has 1 fully saturated rings. The number of nitrogens with one attached hydrogen (secondary N) is 1. The molecule has 66 valence electrons. The molecule has 0 spiro atoms. The summed E-state index contributed by atoms with van der Waals surface area (Å²) in [7, 11) is 0. The summed E-state index contributed by atoms with van der Waals surface area (Å²) in [4.78, 5) is 0. The molecule has 2 nitrogen and oxygen atoms in total. The second-order valence-corrected chi connectivity index (χ2v) is 3.06. The number of piperidine rings is 1. The van der Waals surface area contributed by atoms with E-state index in [4.69, 9.17) is 4.74 Å². The highest BCUT2D eigenvalue weighted by atomic mass is 19.1. The first-order valence-corrected chi connectivity index (χ1v) is 4.25. The summed E-state index contributed by atoms with van der Waals surface area (Å²) in [5, 5.41) is 3.23. The van der Waals surface area contributed by atoms with Crippen LogP contribution >= 0.6 is 0 Å². The van der Waals surface area contributed by atoms with Gasteiger partial charge >= 0.3 is 0 Å². The van der Waals surface area contributed by atoms with Crippen LogP contribution in [-0.2, 0) is 4.74 Å². The van der Waals surface area contributed by atoms with Gasteiger partial charge < -0.3 is 10.1 Å². The van der Waals surface area contributed by atoms with Gasteiger partial charge in [0.25, 0.3) is 0 Å². The van der Waals surface area contributed by atoms with Crippen molar-refractivity contribution in [2.24, 2.45) is 0 Å². The number of ether oxygens (including phenoxy) is 1. The summed E-state index contributed by atoms with van der Waals surface area (Å²) < 4.78 is 17.6. The fraction of sp³-hybridized carbons (Fsp3) is 1.00. The largest absolute Gasteiger partial charge is 0.375 e. The molecule has 0 radical (unpaired) electrons. The second-order valence-electron chi connectivity index (χ2n) is 3.06. The Labute approximate surface area is 67.1 Å². The smallest absolute Gasteiger partial charge is 0.121 e. The van der Waals surface area contributed by atoms with Gasteiger partial charge in [0.15, 0.2) is 0 Å². The van der Waals surface area contributed by atoms with E-state index in [-0.39, 0.29) is 12.7 Å². The number of alkyl halides is 1. The molecule has 1 rings (SSSR count). The Morgan fingerprint density at radius 2 is 2.18 bits per heavy atom. The molecule has 0 unspecified atom stereocenters. The lowest BCUT2D eigenvalue weighted by Crippen LogP contribution is -2.33. The van der Waals surface area contributed by atoms with Crippen molar-refractivity contribution in [2.45, 2.75) is 32.0 Å². The summed E-state index contributed by atoms with van der Waals surface area (Å²) in [6.45, 7) is 3.79. The van der Waals surface area contributed by atoms with E-state index < -0.39 is 6.17 Å². The maximum atomic E-state index is 12.3.